The molecule has 3 aromatic rings. The lowest BCUT2D eigenvalue weighted by Gasteiger charge is -2.20. The first-order valence-electron chi connectivity index (χ1n) is 8.87. The first kappa shape index (κ1) is 20.5. The number of aromatic nitrogens is 1. The largest absolute Gasteiger partial charge is 0.452 e. The average molecular weight is 417 g/mol. The van der Waals surface area contributed by atoms with Crippen LogP contribution in [0, 0.1) is 12.7 Å². The molecule has 1 heterocycles. The Bertz CT molecular complexity index is 1020. The maximum atomic E-state index is 14.3. The molecular weight excluding hydrogens is 399 g/mol. The fraction of sp³-hybridized carbons (Fsp3) is 0.190. The number of hydrogen-bond donors (Lipinski definition) is 0. The number of ether oxygens (including phenoxy) is 1. The molecule has 0 aliphatic heterocycles. The highest BCUT2D eigenvalue weighted by Gasteiger charge is 2.27. The van der Waals surface area contributed by atoms with E-state index in [0.717, 1.165) is 0 Å². The van der Waals surface area contributed by atoms with Crippen molar-refractivity contribution in [3.8, 4) is 11.3 Å². The minimum absolute atomic E-state index is 0.0660. The van der Waals surface area contributed by atoms with Crippen LogP contribution in [0.15, 0.2) is 53.1 Å². The second kappa shape index (κ2) is 8.87. The molecule has 0 spiro atoms. The number of nitrogens with zero attached hydrogens (tertiary/aromatic N) is 2. The normalized spacial score (nSPS) is 10.6. The summed E-state index contributed by atoms with van der Waals surface area (Å²) in [4.78, 5) is 26.7. The van der Waals surface area contributed by atoms with Crippen molar-refractivity contribution in [2.45, 2.75) is 13.8 Å². The van der Waals surface area contributed by atoms with E-state index in [-0.39, 0.29) is 27.6 Å². The zero-order valence-corrected chi connectivity index (χ0v) is 16.6. The topological polar surface area (TPSA) is 72.6 Å². The quantitative estimate of drug-likeness (QED) is 0.547. The van der Waals surface area contributed by atoms with Gasteiger partial charge in [0.1, 0.15) is 22.8 Å². The number of likely N-dealkylation sites (N-methyl/N-ethyl adjacent to an activating group) is 1. The lowest BCUT2D eigenvalue weighted by molar-refractivity contribution is -0.121. The van der Waals surface area contributed by atoms with Crippen molar-refractivity contribution in [3.05, 3.63) is 70.7 Å². The third kappa shape index (κ3) is 4.30. The number of anilines is 1. The van der Waals surface area contributed by atoms with E-state index in [1.54, 1.807) is 12.1 Å². The fourth-order valence-corrected chi connectivity index (χ4v) is 3.15. The highest BCUT2D eigenvalue weighted by atomic mass is 35.5. The molecule has 150 valence electrons. The Labute approximate surface area is 171 Å². The van der Waals surface area contributed by atoms with E-state index in [2.05, 4.69) is 5.16 Å². The molecule has 2 aromatic carbocycles. The predicted molar refractivity (Wildman–Crippen MR) is 106 cm³/mol. The van der Waals surface area contributed by atoms with Crippen molar-refractivity contribution < 1.29 is 23.2 Å². The monoisotopic (exact) mass is 416 g/mol. The van der Waals surface area contributed by atoms with E-state index in [0.29, 0.717) is 12.2 Å². The van der Waals surface area contributed by atoms with Crippen LogP contribution < -0.4 is 4.90 Å². The first-order chi connectivity index (χ1) is 13.9. The van der Waals surface area contributed by atoms with Gasteiger partial charge in [0.15, 0.2) is 6.61 Å². The molecule has 0 radical (unpaired) electrons. The van der Waals surface area contributed by atoms with Crippen molar-refractivity contribution in [1.82, 2.24) is 5.16 Å². The molecule has 1 aromatic heterocycles. The zero-order chi connectivity index (χ0) is 21.0. The van der Waals surface area contributed by atoms with Gasteiger partial charge >= 0.3 is 5.97 Å². The summed E-state index contributed by atoms with van der Waals surface area (Å²) >= 11 is 6.07. The van der Waals surface area contributed by atoms with Gasteiger partial charge in [0.05, 0.1) is 10.6 Å². The maximum Gasteiger partial charge on any atom is 0.344 e. The number of amides is 1. The summed E-state index contributed by atoms with van der Waals surface area (Å²) in [6, 6.07) is 13.1. The first-order valence-corrected chi connectivity index (χ1v) is 9.25. The van der Waals surface area contributed by atoms with Crippen molar-refractivity contribution in [2.75, 3.05) is 18.1 Å². The molecular formula is C21H18ClFN2O4. The Balaban J connectivity index is 1.80. The average Bonchev–Trinajstić information content (AvgIpc) is 3.08. The van der Waals surface area contributed by atoms with E-state index in [9.17, 15) is 14.0 Å². The smallest absolute Gasteiger partial charge is 0.344 e. The Morgan fingerprint density at radius 1 is 1.17 bits per heavy atom. The van der Waals surface area contributed by atoms with E-state index in [4.69, 9.17) is 20.9 Å². The van der Waals surface area contributed by atoms with Crippen LogP contribution in [-0.2, 0) is 9.53 Å². The van der Waals surface area contributed by atoms with Crippen LogP contribution >= 0.6 is 11.6 Å². The molecule has 0 N–H and O–H groups in total. The highest BCUT2D eigenvalue weighted by Crippen LogP contribution is 2.33. The molecule has 0 saturated carbocycles. The highest BCUT2D eigenvalue weighted by molar-refractivity contribution is 6.33. The van der Waals surface area contributed by atoms with E-state index >= 15 is 0 Å². The number of benzene rings is 2. The third-order valence-corrected chi connectivity index (χ3v) is 4.59. The summed E-state index contributed by atoms with van der Waals surface area (Å²) in [6.45, 7) is 3.22. The molecule has 0 atom stereocenters. The van der Waals surface area contributed by atoms with Crippen LogP contribution in [0.25, 0.3) is 11.3 Å². The molecule has 3 rings (SSSR count). The number of carbonyl (C=O) groups is 2. The number of para-hydroxylation sites is 1. The van der Waals surface area contributed by atoms with Crippen molar-refractivity contribution in [3.63, 3.8) is 0 Å². The van der Waals surface area contributed by atoms with Crippen molar-refractivity contribution in [1.29, 1.82) is 0 Å². The maximum absolute atomic E-state index is 14.3. The summed E-state index contributed by atoms with van der Waals surface area (Å²) in [6.07, 6.45) is 0. The Morgan fingerprint density at radius 2 is 1.90 bits per heavy atom. The molecule has 8 heteroatoms. The SMILES string of the molecule is CCN(C(=O)COC(=O)c1c(-c2c(F)cccc2Cl)noc1C)c1ccccc1. The molecule has 0 fully saturated rings. The predicted octanol–water partition coefficient (Wildman–Crippen LogP) is 4.65. The second-order valence-electron chi connectivity index (χ2n) is 6.11. The van der Waals surface area contributed by atoms with Gasteiger partial charge in [0, 0.05) is 12.2 Å². The molecule has 6 nitrogen and oxygen atoms in total. The van der Waals surface area contributed by atoms with Crippen LogP contribution in [-0.4, -0.2) is 30.2 Å². The summed E-state index contributed by atoms with van der Waals surface area (Å²) < 4.78 is 24.5. The fourth-order valence-electron chi connectivity index (χ4n) is 2.90. The second-order valence-corrected chi connectivity index (χ2v) is 6.52. The Hall–Kier alpha value is -3.19. The van der Waals surface area contributed by atoms with E-state index in [1.165, 1.54) is 30.0 Å². The van der Waals surface area contributed by atoms with Gasteiger partial charge in [-0.3, -0.25) is 4.79 Å². The number of carbonyl (C=O) groups excluding carboxylic acids is 2. The number of hydrogen-bond acceptors (Lipinski definition) is 5. The lowest BCUT2D eigenvalue weighted by Crippen LogP contribution is -2.34. The Morgan fingerprint density at radius 3 is 2.55 bits per heavy atom. The third-order valence-electron chi connectivity index (χ3n) is 4.28. The van der Waals surface area contributed by atoms with Gasteiger partial charge < -0.3 is 14.2 Å². The van der Waals surface area contributed by atoms with Gasteiger partial charge in [-0.05, 0) is 38.1 Å². The van der Waals surface area contributed by atoms with Crippen LogP contribution in [0.4, 0.5) is 10.1 Å². The zero-order valence-electron chi connectivity index (χ0n) is 15.8. The summed E-state index contributed by atoms with van der Waals surface area (Å²) in [5.41, 5.74) is 0.478. The van der Waals surface area contributed by atoms with Crippen molar-refractivity contribution in [2.24, 2.45) is 0 Å². The lowest BCUT2D eigenvalue weighted by atomic mass is 10.1. The van der Waals surface area contributed by atoms with Crippen LogP contribution in [0.2, 0.25) is 5.02 Å². The van der Waals surface area contributed by atoms with Gasteiger partial charge in [-0.15, -0.1) is 0 Å². The van der Waals surface area contributed by atoms with Crippen LogP contribution in [0.3, 0.4) is 0 Å². The summed E-state index contributed by atoms with van der Waals surface area (Å²) in [7, 11) is 0. The molecule has 0 saturated heterocycles. The summed E-state index contributed by atoms with van der Waals surface area (Å²) in [5.74, 6) is -1.77. The standard InChI is InChI=1S/C21H18ClFN2O4/c1-3-25(14-8-5-4-6-9-14)17(26)12-28-21(27)18-13(2)29-24-20(18)19-15(22)10-7-11-16(19)23/h4-11H,3,12H2,1-2H3. The van der Waals surface area contributed by atoms with Gasteiger partial charge in [-0.25, -0.2) is 9.18 Å². The molecule has 0 unspecified atom stereocenters. The van der Waals surface area contributed by atoms with E-state index < -0.39 is 24.3 Å². The van der Waals surface area contributed by atoms with Crippen LogP contribution in [0.1, 0.15) is 23.0 Å². The summed E-state index contributed by atoms with van der Waals surface area (Å²) in [5, 5.41) is 3.83. The number of esters is 1. The van der Waals surface area contributed by atoms with Gasteiger partial charge in [0.2, 0.25) is 0 Å². The minimum atomic E-state index is -0.851. The van der Waals surface area contributed by atoms with Gasteiger partial charge in [0.25, 0.3) is 5.91 Å². The minimum Gasteiger partial charge on any atom is -0.452 e. The van der Waals surface area contributed by atoms with Crippen molar-refractivity contribution >= 4 is 29.2 Å². The van der Waals surface area contributed by atoms with Gasteiger partial charge in [-0.2, -0.15) is 0 Å². The van der Waals surface area contributed by atoms with Gasteiger partial charge in [-0.1, -0.05) is 41.0 Å². The molecule has 29 heavy (non-hydrogen) atoms. The van der Waals surface area contributed by atoms with E-state index in [1.807, 2.05) is 25.1 Å². The Kier molecular flexibility index (Phi) is 6.29. The molecule has 1 amide bonds. The van der Waals surface area contributed by atoms with Crippen LogP contribution in [0.5, 0.6) is 0 Å². The molecule has 0 aliphatic rings. The number of aryl methyl sites for hydroxylation is 1. The number of halogens is 2. The molecule has 0 bridgehead atoms. The number of rotatable bonds is 6. The molecule has 0 aliphatic carbocycles.